The fourth-order valence-corrected chi connectivity index (χ4v) is 3.15. The topological polar surface area (TPSA) is 67.9 Å². The maximum Gasteiger partial charge on any atom is 0.407 e. The Hall–Kier alpha value is -2.24. The molecule has 0 bridgehead atoms. The quantitative estimate of drug-likeness (QED) is 0.587. The maximum atomic E-state index is 11.9. The van der Waals surface area contributed by atoms with Gasteiger partial charge in [-0.3, -0.25) is 0 Å². The van der Waals surface area contributed by atoms with Gasteiger partial charge in [0.2, 0.25) is 0 Å². The van der Waals surface area contributed by atoms with Gasteiger partial charge in [0.25, 0.3) is 0 Å². The molecule has 0 aromatic rings. The predicted octanol–water partition coefficient (Wildman–Crippen LogP) is 3.55. The molecule has 6 heteroatoms. The Morgan fingerprint density at radius 2 is 2.00 bits per heavy atom. The number of nitrogens with one attached hydrogen (secondary N) is 1. The van der Waals surface area contributed by atoms with Crippen molar-refractivity contribution in [2.45, 2.75) is 58.6 Å². The first-order valence-electron chi connectivity index (χ1n) is 9.74. The number of likely N-dealkylation sites (tertiary alicyclic amines) is 1. The normalized spacial score (nSPS) is 21.1. The predicted molar refractivity (Wildman–Crippen MR) is 105 cm³/mol. The third-order valence-corrected chi connectivity index (χ3v) is 4.46. The van der Waals surface area contributed by atoms with Crippen LogP contribution >= 0.6 is 0 Å². The lowest BCUT2D eigenvalue weighted by atomic mass is 9.97. The molecule has 2 rings (SSSR count). The summed E-state index contributed by atoms with van der Waals surface area (Å²) in [5.74, 6) is -0.0650. The summed E-state index contributed by atoms with van der Waals surface area (Å²) >= 11 is 0. The molecular formula is C21H32N2O4. The summed E-state index contributed by atoms with van der Waals surface area (Å²) < 4.78 is 10.2. The number of piperidine rings is 1. The molecule has 150 valence electrons. The van der Waals surface area contributed by atoms with Crippen molar-refractivity contribution < 1.29 is 19.1 Å². The van der Waals surface area contributed by atoms with E-state index in [-0.39, 0.29) is 24.0 Å². The van der Waals surface area contributed by atoms with E-state index >= 15 is 0 Å². The first kappa shape index (κ1) is 21.1. The Labute approximate surface area is 162 Å². The molecule has 0 spiro atoms. The number of allylic oxidation sites excluding steroid dienone is 4. The van der Waals surface area contributed by atoms with Crippen molar-refractivity contribution in [1.82, 2.24) is 10.2 Å². The van der Waals surface area contributed by atoms with E-state index in [1.54, 1.807) is 6.92 Å². The summed E-state index contributed by atoms with van der Waals surface area (Å²) in [6.45, 7) is 9.60. The Morgan fingerprint density at radius 1 is 1.30 bits per heavy atom. The molecule has 1 fully saturated rings. The van der Waals surface area contributed by atoms with Crippen LogP contribution in [0, 0.1) is 5.92 Å². The van der Waals surface area contributed by atoms with Gasteiger partial charge < -0.3 is 19.7 Å². The number of carbonyl (C=O) groups is 2. The van der Waals surface area contributed by atoms with Gasteiger partial charge in [0.1, 0.15) is 5.60 Å². The largest absolute Gasteiger partial charge is 0.463 e. The van der Waals surface area contributed by atoms with E-state index in [0.717, 1.165) is 32.4 Å². The number of carbonyl (C=O) groups excluding carboxylic acids is 2. The van der Waals surface area contributed by atoms with Crippen molar-refractivity contribution in [1.29, 1.82) is 0 Å². The Bertz CT molecular complexity index is 608. The molecule has 1 unspecified atom stereocenters. The van der Waals surface area contributed by atoms with Crippen molar-refractivity contribution >= 4 is 12.1 Å². The third-order valence-electron chi connectivity index (χ3n) is 4.46. The molecule has 0 aromatic carbocycles. The summed E-state index contributed by atoms with van der Waals surface area (Å²) in [6, 6.07) is 0.157. The molecule has 1 atom stereocenters. The zero-order valence-corrected chi connectivity index (χ0v) is 16.9. The third kappa shape index (κ3) is 7.49. The molecule has 0 saturated carbocycles. The van der Waals surface area contributed by atoms with Gasteiger partial charge >= 0.3 is 12.1 Å². The second kappa shape index (κ2) is 9.62. The van der Waals surface area contributed by atoms with Crippen LogP contribution in [0.3, 0.4) is 0 Å². The summed E-state index contributed by atoms with van der Waals surface area (Å²) in [6.07, 6.45) is 12.2. The van der Waals surface area contributed by atoms with Crippen LogP contribution in [0.5, 0.6) is 0 Å². The second-order valence-corrected chi connectivity index (χ2v) is 7.91. The van der Waals surface area contributed by atoms with E-state index in [4.69, 9.17) is 9.47 Å². The van der Waals surface area contributed by atoms with Crippen LogP contribution in [0.4, 0.5) is 4.79 Å². The molecule has 6 nitrogen and oxygen atoms in total. The summed E-state index contributed by atoms with van der Waals surface area (Å²) in [5, 5.41) is 2.97. The fraction of sp³-hybridized carbons (Fsp3) is 0.619. The smallest absolute Gasteiger partial charge is 0.407 e. The zero-order valence-electron chi connectivity index (χ0n) is 16.9. The lowest BCUT2D eigenvalue weighted by Crippen LogP contribution is -2.45. The molecule has 1 amide bonds. The Kier molecular flexibility index (Phi) is 7.51. The molecule has 1 heterocycles. The van der Waals surface area contributed by atoms with Gasteiger partial charge in [-0.05, 0) is 59.0 Å². The van der Waals surface area contributed by atoms with Crippen LogP contribution in [0.15, 0.2) is 36.1 Å². The molecule has 1 aliphatic carbocycles. The van der Waals surface area contributed by atoms with Crippen molar-refractivity contribution in [2.75, 3.05) is 19.7 Å². The van der Waals surface area contributed by atoms with E-state index in [1.165, 1.54) is 11.8 Å². The number of ether oxygens (including phenoxy) is 2. The molecule has 1 N–H and O–H groups in total. The highest BCUT2D eigenvalue weighted by atomic mass is 16.6. The molecule has 1 saturated heterocycles. The highest BCUT2D eigenvalue weighted by molar-refractivity contribution is 5.81. The minimum atomic E-state index is -0.471. The Balaban J connectivity index is 1.75. The van der Waals surface area contributed by atoms with Gasteiger partial charge in [-0.1, -0.05) is 18.2 Å². The fourth-order valence-electron chi connectivity index (χ4n) is 3.15. The summed E-state index contributed by atoms with van der Waals surface area (Å²) in [5.41, 5.74) is 0.743. The number of hydrogen-bond donors (Lipinski definition) is 1. The summed E-state index contributed by atoms with van der Waals surface area (Å²) in [4.78, 5) is 25.6. The van der Waals surface area contributed by atoms with Crippen LogP contribution in [0.25, 0.3) is 0 Å². The van der Waals surface area contributed by atoms with Gasteiger partial charge in [0, 0.05) is 30.9 Å². The summed E-state index contributed by atoms with van der Waals surface area (Å²) in [7, 11) is 0. The molecule has 2 aliphatic rings. The first-order valence-corrected chi connectivity index (χ1v) is 9.74. The molecule has 27 heavy (non-hydrogen) atoms. The number of esters is 1. The van der Waals surface area contributed by atoms with Crippen LogP contribution in [-0.2, 0) is 14.3 Å². The highest BCUT2D eigenvalue weighted by Gasteiger charge is 2.24. The van der Waals surface area contributed by atoms with Crippen molar-refractivity contribution in [3.8, 4) is 0 Å². The van der Waals surface area contributed by atoms with E-state index < -0.39 is 5.60 Å². The second-order valence-electron chi connectivity index (χ2n) is 7.91. The molecular weight excluding hydrogens is 344 g/mol. The minimum absolute atomic E-state index is 0.157. The van der Waals surface area contributed by atoms with Crippen molar-refractivity contribution in [3.05, 3.63) is 36.1 Å². The van der Waals surface area contributed by atoms with Gasteiger partial charge in [-0.25, -0.2) is 9.59 Å². The van der Waals surface area contributed by atoms with Crippen LogP contribution in [-0.4, -0.2) is 48.3 Å². The van der Waals surface area contributed by atoms with E-state index in [2.05, 4.69) is 28.4 Å². The van der Waals surface area contributed by atoms with Gasteiger partial charge in [-0.2, -0.15) is 0 Å². The molecule has 1 aliphatic heterocycles. The van der Waals surface area contributed by atoms with Crippen molar-refractivity contribution in [3.63, 3.8) is 0 Å². The number of alkyl carbamates (subject to hydrolysis) is 1. The number of amides is 1. The minimum Gasteiger partial charge on any atom is -0.463 e. The average Bonchev–Trinajstić information content (AvgIpc) is 2.60. The number of hydrogen-bond acceptors (Lipinski definition) is 5. The molecule has 0 radical (unpaired) electrons. The van der Waals surface area contributed by atoms with Gasteiger partial charge in [-0.15, -0.1) is 0 Å². The lowest BCUT2D eigenvalue weighted by Gasteiger charge is -2.35. The highest BCUT2D eigenvalue weighted by Crippen LogP contribution is 2.23. The van der Waals surface area contributed by atoms with E-state index in [9.17, 15) is 9.59 Å². The monoisotopic (exact) mass is 376 g/mol. The van der Waals surface area contributed by atoms with E-state index in [0.29, 0.717) is 6.61 Å². The van der Waals surface area contributed by atoms with Crippen LogP contribution in [0.1, 0.15) is 47.0 Å². The molecule has 0 aromatic heterocycles. The van der Waals surface area contributed by atoms with E-state index in [1.807, 2.05) is 26.8 Å². The number of nitrogens with zero attached hydrogens (tertiary/aromatic N) is 1. The number of rotatable bonds is 5. The van der Waals surface area contributed by atoms with Crippen LogP contribution < -0.4 is 5.32 Å². The van der Waals surface area contributed by atoms with Gasteiger partial charge in [0.05, 0.1) is 6.61 Å². The standard InChI is InChI=1S/C21H32N2O4/c1-5-26-19(24)11-8-16-6-9-18(10-7-16)23-14-12-17(13-15-23)22-20(25)27-21(2,3)4/h6,8-11,16-17H,5,7,12-15H2,1-4H3,(H,22,25). The SMILES string of the molecule is CCOC(=O)C=CC1C=CC(N2CCC(NC(=O)OC(C)(C)C)CC2)=CC1. The average molecular weight is 376 g/mol. The zero-order chi connectivity index (χ0) is 19.9. The van der Waals surface area contributed by atoms with Gasteiger partial charge in [0.15, 0.2) is 0 Å². The Morgan fingerprint density at radius 3 is 2.56 bits per heavy atom. The first-order chi connectivity index (χ1) is 12.8. The van der Waals surface area contributed by atoms with Crippen LogP contribution in [0.2, 0.25) is 0 Å². The van der Waals surface area contributed by atoms with Crippen molar-refractivity contribution in [2.24, 2.45) is 5.92 Å². The lowest BCUT2D eigenvalue weighted by molar-refractivity contribution is -0.137. The maximum absolute atomic E-state index is 11.9.